The van der Waals surface area contributed by atoms with Crippen molar-refractivity contribution in [2.45, 2.75) is 57.9 Å². The van der Waals surface area contributed by atoms with Gasteiger partial charge in [0.15, 0.2) is 5.75 Å². The van der Waals surface area contributed by atoms with Crippen LogP contribution in [-0.4, -0.2) is 28.6 Å². The number of esters is 1. The third-order valence-corrected chi connectivity index (χ3v) is 3.74. The van der Waals surface area contributed by atoms with Crippen LogP contribution in [-0.2, 0) is 16.0 Å². The molecule has 1 atom stereocenters. The van der Waals surface area contributed by atoms with Crippen molar-refractivity contribution in [1.82, 2.24) is 0 Å². The van der Waals surface area contributed by atoms with Crippen molar-refractivity contribution < 1.29 is 19.6 Å². The molecule has 0 fully saturated rings. The molecule has 0 aliphatic heterocycles. The lowest BCUT2D eigenvalue weighted by Gasteiger charge is -2.12. The van der Waals surface area contributed by atoms with Gasteiger partial charge in [-0.2, -0.15) is 0 Å². The van der Waals surface area contributed by atoms with E-state index in [1.165, 1.54) is 37.5 Å². The molecule has 0 heterocycles. The van der Waals surface area contributed by atoms with Gasteiger partial charge in [0.05, 0.1) is 11.5 Å². The monoisotopic (exact) mass is 338 g/mol. The Morgan fingerprint density at radius 1 is 1.29 bits per heavy atom. The van der Waals surface area contributed by atoms with E-state index < -0.39 is 28.4 Å². The normalized spacial score (nSPS) is 11.9. The zero-order chi connectivity index (χ0) is 17.9. The number of carbonyl (C=O) groups is 1. The Bertz CT molecular complexity index is 548. The van der Waals surface area contributed by atoms with Gasteiger partial charge in [0.1, 0.15) is 6.04 Å². The zero-order valence-electron chi connectivity index (χ0n) is 14.1. The first-order valence-electron chi connectivity index (χ1n) is 8.34. The summed E-state index contributed by atoms with van der Waals surface area (Å²) in [4.78, 5) is 21.9. The van der Waals surface area contributed by atoms with Crippen LogP contribution in [0.1, 0.15) is 51.0 Å². The Labute approximate surface area is 142 Å². The number of nitrogens with zero attached hydrogens (tertiary/aromatic N) is 1. The van der Waals surface area contributed by atoms with E-state index in [1.54, 1.807) is 0 Å². The number of carbonyl (C=O) groups excluding carboxylic acids is 1. The Balaban J connectivity index is 2.36. The number of ether oxygens (including phenoxy) is 1. The molecule has 7 nitrogen and oxygen atoms in total. The predicted molar refractivity (Wildman–Crippen MR) is 90.8 cm³/mol. The molecule has 7 heteroatoms. The maximum atomic E-state index is 11.8. The first kappa shape index (κ1) is 19.9. The van der Waals surface area contributed by atoms with Crippen molar-refractivity contribution in [3.63, 3.8) is 0 Å². The van der Waals surface area contributed by atoms with Crippen LogP contribution in [0.4, 0.5) is 5.69 Å². The fourth-order valence-corrected chi connectivity index (χ4v) is 2.34. The number of hydrogen-bond acceptors (Lipinski definition) is 6. The second-order valence-corrected chi connectivity index (χ2v) is 5.83. The zero-order valence-corrected chi connectivity index (χ0v) is 14.1. The van der Waals surface area contributed by atoms with E-state index in [1.807, 2.05) is 0 Å². The smallest absolute Gasteiger partial charge is 0.323 e. The second kappa shape index (κ2) is 10.6. The largest absolute Gasteiger partial charge is 0.502 e. The summed E-state index contributed by atoms with van der Waals surface area (Å²) < 4.78 is 5.14. The van der Waals surface area contributed by atoms with Crippen molar-refractivity contribution in [2.75, 3.05) is 6.61 Å². The van der Waals surface area contributed by atoms with Crippen LogP contribution in [0.5, 0.6) is 5.75 Å². The van der Waals surface area contributed by atoms with E-state index in [0.29, 0.717) is 12.2 Å². The molecule has 1 aromatic rings. The SMILES string of the molecule is CCCCCCCCOC(=O)[C@H](N)Cc1ccc(O)c([N+](=O)[O-])c1. The summed E-state index contributed by atoms with van der Waals surface area (Å²) in [6, 6.07) is 3.07. The van der Waals surface area contributed by atoms with Crippen LogP contribution in [0.15, 0.2) is 18.2 Å². The third kappa shape index (κ3) is 6.95. The molecule has 0 bridgehead atoms. The van der Waals surface area contributed by atoms with Crippen LogP contribution in [0.3, 0.4) is 0 Å². The lowest BCUT2D eigenvalue weighted by atomic mass is 10.1. The average Bonchev–Trinajstić information content (AvgIpc) is 2.55. The molecular weight excluding hydrogens is 312 g/mol. The summed E-state index contributed by atoms with van der Waals surface area (Å²) in [5.74, 6) is -0.928. The molecule has 0 aliphatic carbocycles. The van der Waals surface area contributed by atoms with Gasteiger partial charge in [-0.25, -0.2) is 0 Å². The molecule has 0 aliphatic rings. The molecule has 0 amide bonds. The van der Waals surface area contributed by atoms with Crippen molar-refractivity contribution >= 4 is 11.7 Å². The lowest BCUT2D eigenvalue weighted by Crippen LogP contribution is -2.34. The first-order valence-corrected chi connectivity index (χ1v) is 8.34. The van der Waals surface area contributed by atoms with E-state index in [-0.39, 0.29) is 6.42 Å². The van der Waals surface area contributed by atoms with E-state index >= 15 is 0 Å². The highest BCUT2D eigenvalue weighted by Gasteiger charge is 2.19. The number of aromatic hydroxyl groups is 1. The standard InChI is InChI=1S/C17H26N2O5/c1-2-3-4-5-6-7-10-24-17(21)14(18)11-13-8-9-16(20)15(12-13)19(22)23/h8-9,12,14,20H,2-7,10-11,18H2,1H3/t14-/m1/s1. The molecule has 0 saturated heterocycles. The Morgan fingerprint density at radius 3 is 2.62 bits per heavy atom. The summed E-state index contributed by atoms with van der Waals surface area (Å²) in [6.07, 6.45) is 6.71. The number of unbranched alkanes of at least 4 members (excludes halogenated alkanes) is 5. The van der Waals surface area contributed by atoms with E-state index in [9.17, 15) is 20.0 Å². The van der Waals surface area contributed by atoms with E-state index in [0.717, 1.165) is 19.3 Å². The topological polar surface area (TPSA) is 116 Å². The summed E-state index contributed by atoms with van der Waals surface area (Å²) >= 11 is 0. The number of nitro groups is 1. The van der Waals surface area contributed by atoms with Crippen LogP contribution < -0.4 is 5.73 Å². The van der Waals surface area contributed by atoms with Crippen molar-refractivity contribution in [1.29, 1.82) is 0 Å². The van der Waals surface area contributed by atoms with Crippen LogP contribution in [0.2, 0.25) is 0 Å². The molecule has 0 radical (unpaired) electrons. The molecule has 0 unspecified atom stereocenters. The summed E-state index contributed by atoms with van der Waals surface area (Å²) in [6.45, 7) is 2.50. The van der Waals surface area contributed by atoms with Gasteiger partial charge in [-0.3, -0.25) is 14.9 Å². The maximum absolute atomic E-state index is 11.8. The number of hydrogen-bond donors (Lipinski definition) is 2. The fraction of sp³-hybridized carbons (Fsp3) is 0.588. The van der Waals surface area contributed by atoms with E-state index in [4.69, 9.17) is 10.5 Å². The van der Waals surface area contributed by atoms with Crippen LogP contribution in [0, 0.1) is 10.1 Å². The molecule has 0 spiro atoms. The summed E-state index contributed by atoms with van der Waals surface area (Å²) in [5.41, 5.74) is 5.89. The number of phenols is 1. The minimum atomic E-state index is -0.880. The molecule has 0 aromatic heterocycles. The average molecular weight is 338 g/mol. The molecule has 134 valence electrons. The highest BCUT2D eigenvalue weighted by Crippen LogP contribution is 2.26. The predicted octanol–water partition coefficient (Wildman–Crippen LogP) is 3.07. The molecule has 1 aromatic carbocycles. The minimum Gasteiger partial charge on any atom is -0.502 e. The van der Waals surface area contributed by atoms with Gasteiger partial charge in [0, 0.05) is 6.07 Å². The van der Waals surface area contributed by atoms with Crippen molar-refractivity contribution in [3.05, 3.63) is 33.9 Å². The molecular formula is C17H26N2O5. The fourth-order valence-electron chi connectivity index (χ4n) is 2.34. The number of benzene rings is 1. The molecule has 1 rings (SSSR count). The van der Waals surface area contributed by atoms with Crippen molar-refractivity contribution in [3.8, 4) is 5.75 Å². The van der Waals surface area contributed by atoms with Gasteiger partial charge >= 0.3 is 11.7 Å². The molecule has 3 N–H and O–H groups in total. The van der Waals surface area contributed by atoms with Gasteiger partial charge in [-0.05, 0) is 24.5 Å². The summed E-state index contributed by atoms with van der Waals surface area (Å²) in [5, 5.41) is 20.2. The number of nitro benzene ring substituents is 1. The van der Waals surface area contributed by atoms with Crippen molar-refractivity contribution in [2.24, 2.45) is 5.73 Å². The molecule has 0 saturated carbocycles. The summed E-state index contributed by atoms with van der Waals surface area (Å²) in [7, 11) is 0. The Morgan fingerprint density at radius 2 is 1.96 bits per heavy atom. The minimum absolute atomic E-state index is 0.121. The van der Waals surface area contributed by atoms with Gasteiger partial charge in [0.25, 0.3) is 0 Å². The lowest BCUT2D eigenvalue weighted by molar-refractivity contribution is -0.385. The number of nitrogens with two attached hydrogens (primary N) is 1. The second-order valence-electron chi connectivity index (χ2n) is 5.83. The number of rotatable bonds is 11. The number of phenolic OH excluding ortho intramolecular Hbond substituents is 1. The Hall–Kier alpha value is -2.15. The first-order chi connectivity index (χ1) is 11.5. The van der Waals surface area contributed by atoms with E-state index in [2.05, 4.69) is 6.92 Å². The highest BCUT2D eigenvalue weighted by atomic mass is 16.6. The van der Waals surface area contributed by atoms with Gasteiger partial charge in [-0.1, -0.05) is 45.1 Å². The van der Waals surface area contributed by atoms with Crippen LogP contribution in [0.25, 0.3) is 0 Å². The van der Waals surface area contributed by atoms with Gasteiger partial charge in [-0.15, -0.1) is 0 Å². The van der Waals surface area contributed by atoms with Crippen LogP contribution >= 0.6 is 0 Å². The third-order valence-electron chi connectivity index (χ3n) is 3.74. The van der Waals surface area contributed by atoms with Gasteiger partial charge < -0.3 is 15.6 Å². The quantitative estimate of drug-likeness (QED) is 0.277. The molecule has 24 heavy (non-hydrogen) atoms. The van der Waals surface area contributed by atoms with Gasteiger partial charge in [0.2, 0.25) is 0 Å². The Kier molecular flexibility index (Phi) is 8.78. The maximum Gasteiger partial charge on any atom is 0.323 e. The highest BCUT2D eigenvalue weighted by molar-refractivity contribution is 5.76.